The highest BCUT2D eigenvalue weighted by Crippen LogP contribution is 2.33. The van der Waals surface area contributed by atoms with Gasteiger partial charge in [-0.15, -0.1) is 0 Å². The van der Waals surface area contributed by atoms with Gasteiger partial charge in [0.2, 0.25) is 0 Å². The quantitative estimate of drug-likeness (QED) is 0.471. The van der Waals surface area contributed by atoms with Gasteiger partial charge in [0.1, 0.15) is 5.82 Å². The second kappa shape index (κ2) is 6.27. The maximum atomic E-state index is 12.3. The smallest absolute Gasteiger partial charge is 0.166 e. The van der Waals surface area contributed by atoms with Gasteiger partial charge in [0, 0.05) is 29.7 Å². The Morgan fingerprint density at radius 3 is 2.46 bits per heavy atom. The lowest BCUT2D eigenvalue weighted by molar-refractivity contribution is 0.0972. The number of aromatic nitrogens is 2. The van der Waals surface area contributed by atoms with Crippen LogP contribution in [0.4, 0.5) is 0 Å². The number of hydrogen-bond acceptors (Lipinski definition) is 3. The fraction of sp³-hybridized carbons (Fsp3) is 0.125. The second-order valence-corrected chi connectivity index (χ2v) is 7.15. The number of nitrogens with zero attached hydrogens (tertiary/aromatic N) is 2. The van der Waals surface area contributed by atoms with E-state index in [2.05, 4.69) is 10.6 Å². The van der Waals surface area contributed by atoms with Crippen LogP contribution in [0.5, 0.6) is 0 Å². The summed E-state index contributed by atoms with van der Waals surface area (Å²) >= 11 is 0. The third-order valence-electron chi connectivity index (χ3n) is 5.35. The highest BCUT2D eigenvalue weighted by molar-refractivity contribution is 6.08. The molecule has 0 atom stereocenters. The van der Waals surface area contributed by atoms with Gasteiger partial charge < -0.3 is 4.57 Å². The largest absolute Gasteiger partial charge is 0.323 e. The molecule has 0 bridgehead atoms. The zero-order valence-electron chi connectivity index (χ0n) is 15.5. The minimum atomic E-state index is 0.0548. The van der Waals surface area contributed by atoms with Gasteiger partial charge in [-0.3, -0.25) is 9.59 Å². The Morgan fingerprint density at radius 1 is 0.929 bits per heavy atom. The summed E-state index contributed by atoms with van der Waals surface area (Å²) in [6.07, 6.45) is 0.496. The minimum absolute atomic E-state index is 0.0548. The molecule has 0 radical (unpaired) electrons. The van der Waals surface area contributed by atoms with Crippen molar-refractivity contribution in [1.82, 2.24) is 9.55 Å². The van der Waals surface area contributed by atoms with Crippen molar-refractivity contribution in [1.29, 1.82) is 0 Å². The predicted octanol–water partition coefficient (Wildman–Crippen LogP) is 5.16. The van der Waals surface area contributed by atoms with Crippen LogP contribution in [0, 0.1) is 0 Å². The lowest BCUT2D eigenvalue weighted by Gasteiger charge is -2.16. The number of ketones is 2. The molecule has 4 nitrogen and oxygen atoms in total. The van der Waals surface area contributed by atoms with E-state index in [1.54, 1.807) is 6.92 Å². The molecular formula is C24H18N2O2. The molecule has 0 amide bonds. The summed E-state index contributed by atoms with van der Waals surface area (Å²) < 4.78 is 2.15. The number of carbonyl (C=O) groups excluding carboxylic acids is 2. The van der Waals surface area contributed by atoms with Crippen LogP contribution in [0.3, 0.4) is 0 Å². The van der Waals surface area contributed by atoms with Crippen LogP contribution in [-0.2, 0) is 6.54 Å². The molecule has 0 aliphatic carbocycles. The van der Waals surface area contributed by atoms with Crippen molar-refractivity contribution in [2.24, 2.45) is 0 Å². The molecule has 2 heterocycles. The summed E-state index contributed by atoms with van der Waals surface area (Å²) in [6, 6.07) is 21.6. The summed E-state index contributed by atoms with van der Waals surface area (Å²) in [4.78, 5) is 28.8. The van der Waals surface area contributed by atoms with Crippen LogP contribution in [0.15, 0.2) is 66.7 Å². The van der Waals surface area contributed by atoms with Crippen molar-refractivity contribution >= 4 is 22.6 Å². The SMILES string of the molecule is CC(=O)c1cccc(-c2cccc(-c3nc4cccc5c4n3CCC5=O)c2)c1. The Labute approximate surface area is 162 Å². The zero-order valence-corrected chi connectivity index (χ0v) is 15.5. The molecule has 3 aromatic carbocycles. The van der Waals surface area contributed by atoms with Crippen molar-refractivity contribution < 1.29 is 9.59 Å². The first-order valence-corrected chi connectivity index (χ1v) is 9.36. The summed E-state index contributed by atoms with van der Waals surface area (Å²) in [5.41, 5.74) is 6.28. The number of para-hydroxylation sites is 1. The highest BCUT2D eigenvalue weighted by Gasteiger charge is 2.23. The summed E-state index contributed by atoms with van der Waals surface area (Å²) in [5, 5.41) is 0. The van der Waals surface area contributed by atoms with E-state index in [0.717, 1.165) is 39.1 Å². The lowest BCUT2D eigenvalue weighted by Crippen LogP contribution is -2.14. The summed E-state index contributed by atoms with van der Waals surface area (Å²) in [5.74, 6) is 1.11. The molecule has 5 rings (SSSR count). The van der Waals surface area contributed by atoms with E-state index >= 15 is 0 Å². The van der Waals surface area contributed by atoms with Gasteiger partial charge in [0.25, 0.3) is 0 Å². The normalized spacial score (nSPS) is 13.1. The van der Waals surface area contributed by atoms with Crippen molar-refractivity contribution in [3.8, 4) is 22.5 Å². The molecule has 4 heteroatoms. The summed E-state index contributed by atoms with van der Waals surface area (Å²) in [7, 11) is 0. The first-order valence-electron chi connectivity index (χ1n) is 9.36. The number of Topliss-reactive ketones (excluding diaryl/α,β-unsaturated/α-hetero) is 2. The Kier molecular flexibility index (Phi) is 3.72. The van der Waals surface area contributed by atoms with Gasteiger partial charge in [-0.25, -0.2) is 4.98 Å². The first-order chi connectivity index (χ1) is 13.6. The van der Waals surface area contributed by atoms with Crippen LogP contribution in [-0.4, -0.2) is 21.1 Å². The Bertz CT molecular complexity index is 1270. The number of carbonyl (C=O) groups is 2. The summed E-state index contributed by atoms with van der Waals surface area (Å²) in [6.45, 7) is 2.22. The van der Waals surface area contributed by atoms with Gasteiger partial charge in [-0.2, -0.15) is 0 Å². The topological polar surface area (TPSA) is 52.0 Å². The Hall–Kier alpha value is -3.53. The van der Waals surface area contributed by atoms with E-state index in [1.165, 1.54) is 0 Å². The standard InChI is InChI=1S/C24H18N2O2/c1-15(27)16-5-2-6-17(13-16)18-7-3-8-19(14-18)24-25-21-10-4-9-20-22(28)11-12-26(24)23(20)21/h2-10,13-14H,11-12H2,1H3. The van der Waals surface area contributed by atoms with E-state index in [-0.39, 0.29) is 11.6 Å². The fourth-order valence-corrected chi connectivity index (χ4v) is 3.95. The molecule has 0 fully saturated rings. The molecule has 0 saturated carbocycles. The van der Waals surface area contributed by atoms with Crippen LogP contribution >= 0.6 is 0 Å². The number of benzene rings is 3. The van der Waals surface area contributed by atoms with Crippen molar-refractivity contribution in [3.63, 3.8) is 0 Å². The van der Waals surface area contributed by atoms with Crippen molar-refractivity contribution in [2.45, 2.75) is 19.9 Å². The van der Waals surface area contributed by atoms with Gasteiger partial charge in [-0.05, 0) is 42.3 Å². The number of rotatable bonds is 3. The predicted molar refractivity (Wildman–Crippen MR) is 110 cm³/mol. The molecule has 0 spiro atoms. The highest BCUT2D eigenvalue weighted by atomic mass is 16.1. The molecule has 1 aliphatic heterocycles. The van der Waals surface area contributed by atoms with Gasteiger partial charge >= 0.3 is 0 Å². The minimum Gasteiger partial charge on any atom is -0.323 e. The third kappa shape index (κ3) is 2.57. The molecule has 4 aromatic rings. The lowest BCUT2D eigenvalue weighted by atomic mass is 9.99. The van der Waals surface area contributed by atoms with E-state index in [0.29, 0.717) is 18.5 Å². The van der Waals surface area contributed by atoms with Crippen LogP contribution in [0.2, 0.25) is 0 Å². The maximum Gasteiger partial charge on any atom is 0.166 e. The van der Waals surface area contributed by atoms with Crippen LogP contribution in [0.25, 0.3) is 33.5 Å². The zero-order chi connectivity index (χ0) is 19.3. The maximum absolute atomic E-state index is 12.3. The monoisotopic (exact) mass is 366 g/mol. The van der Waals surface area contributed by atoms with Crippen molar-refractivity contribution in [3.05, 3.63) is 77.9 Å². The number of imidazole rings is 1. The second-order valence-electron chi connectivity index (χ2n) is 7.15. The molecule has 28 heavy (non-hydrogen) atoms. The molecule has 0 saturated heterocycles. The van der Waals surface area contributed by atoms with Crippen molar-refractivity contribution in [2.75, 3.05) is 0 Å². The van der Waals surface area contributed by atoms with E-state index in [9.17, 15) is 9.59 Å². The number of hydrogen-bond donors (Lipinski definition) is 0. The number of aryl methyl sites for hydroxylation is 1. The molecule has 0 N–H and O–H groups in total. The molecule has 136 valence electrons. The molecule has 0 unspecified atom stereocenters. The average molecular weight is 366 g/mol. The molecular weight excluding hydrogens is 348 g/mol. The molecule has 1 aliphatic rings. The van der Waals surface area contributed by atoms with Gasteiger partial charge in [0.05, 0.1) is 11.0 Å². The third-order valence-corrected chi connectivity index (χ3v) is 5.35. The Balaban J connectivity index is 1.66. The average Bonchev–Trinajstić information content (AvgIpc) is 3.11. The van der Waals surface area contributed by atoms with Gasteiger partial charge in [0.15, 0.2) is 11.6 Å². The Morgan fingerprint density at radius 2 is 1.64 bits per heavy atom. The van der Waals surface area contributed by atoms with Crippen LogP contribution < -0.4 is 0 Å². The fourth-order valence-electron chi connectivity index (χ4n) is 3.95. The van der Waals surface area contributed by atoms with E-state index in [4.69, 9.17) is 4.98 Å². The molecule has 1 aromatic heterocycles. The van der Waals surface area contributed by atoms with Gasteiger partial charge in [-0.1, -0.05) is 42.5 Å². The first kappa shape index (κ1) is 16.6. The van der Waals surface area contributed by atoms with E-state index in [1.807, 2.05) is 60.7 Å². The van der Waals surface area contributed by atoms with Crippen LogP contribution in [0.1, 0.15) is 34.1 Å². The van der Waals surface area contributed by atoms with E-state index < -0.39 is 0 Å².